The maximum absolute atomic E-state index is 12.9. The number of aliphatic hydroxyl groups is 1. The Balaban J connectivity index is 1.70. The zero-order chi connectivity index (χ0) is 22.1. The molecule has 1 amide bonds. The Bertz CT molecular complexity index is 1190. The SMILES string of the molecule is COc1ccc2[nH]cc(CCN3C(=O)C(O)=C(C(C)=O)[C@@H]3c3ccccc3OC)c2c1. The summed E-state index contributed by atoms with van der Waals surface area (Å²) >= 11 is 0. The van der Waals surface area contributed by atoms with Gasteiger partial charge in [-0.3, -0.25) is 9.59 Å². The van der Waals surface area contributed by atoms with Crippen molar-refractivity contribution >= 4 is 22.6 Å². The Morgan fingerprint density at radius 1 is 1.16 bits per heavy atom. The zero-order valence-corrected chi connectivity index (χ0v) is 17.6. The number of aliphatic hydroxyl groups excluding tert-OH is 1. The Morgan fingerprint density at radius 3 is 2.65 bits per heavy atom. The number of carbonyl (C=O) groups is 2. The highest BCUT2D eigenvalue weighted by Crippen LogP contribution is 2.41. The monoisotopic (exact) mass is 420 g/mol. The Morgan fingerprint density at radius 2 is 1.94 bits per heavy atom. The summed E-state index contributed by atoms with van der Waals surface area (Å²) in [4.78, 5) is 30.0. The molecule has 0 aliphatic carbocycles. The molecule has 2 heterocycles. The standard InChI is InChI=1S/C24H24N2O5/c1-14(27)21-22(17-6-4-5-7-20(17)31-3)26(24(29)23(21)28)11-10-15-13-25-19-9-8-16(30-2)12-18(15)19/h4-9,12-13,22,25,28H,10-11H2,1-3H3/t22-/m0/s1. The number of nitrogens with one attached hydrogen (secondary N) is 1. The Kier molecular flexibility index (Phi) is 5.42. The summed E-state index contributed by atoms with van der Waals surface area (Å²) in [6.45, 7) is 1.67. The summed E-state index contributed by atoms with van der Waals surface area (Å²) in [5, 5.41) is 11.5. The lowest BCUT2D eigenvalue weighted by molar-refractivity contribution is -0.129. The van der Waals surface area contributed by atoms with Crippen molar-refractivity contribution in [1.82, 2.24) is 9.88 Å². The van der Waals surface area contributed by atoms with E-state index in [1.165, 1.54) is 18.9 Å². The minimum atomic E-state index is -0.708. The Labute approximate surface area is 179 Å². The summed E-state index contributed by atoms with van der Waals surface area (Å²) in [5.41, 5.74) is 2.73. The number of H-pyrrole nitrogens is 1. The fourth-order valence-electron chi connectivity index (χ4n) is 4.19. The fraction of sp³-hybridized carbons (Fsp3) is 0.250. The maximum atomic E-state index is 12.9. The van der Waals surface area contributed by atoms with Crippen molar-refractivity contribution in [3.8, 4) is 11.5 Å². The van der Waals surface area contributed by atoms with Crippen molar-refractivity contribution in [2.24, 2.45) is 0 Å². The average Bonchev–Trinajstić information content (AvgIpc) is 3.30. The molecule has 0 fully saturated rings. The first-order valence-electron chi connectivity index (χ1n) is 9.98. The number of amides is 1. The Hall–Kier alpha value is -3.74. The van der Waals surface area contributed by atoms with Crippen molar-refractivity contribution in [3.63, 3.8) is 0 Å². The summed E-state index contributed by atoms with van der Waals surface area (Å²) in [5.74, 6) is -0.102. The van der Waals surface area contributed by atoms with Gasteiger partial charge in [-0.2, -0.15) is 0 Å². The number of aromatic nitrogens is 1. The van der Waals surface area contributed by atoms with Crippen LogP contribution >= 0.6 is 0 Å². The molecular formula is C24H24N2O5. The highest BCUT2D eigenvalue weighted by Gasteiger charge is 2.43. The zero-order valence-electron chi connectivity index (χ0n) is 17.6. The topological polar surface area (TPSA) is 91.9 Å². The molecule has 1 atom stereocenters. The van der Waals surface area contributed by atoms with Crippen LogP contribution in [0.4, 0.5) is 0 Å². The molecule has 1 aromatic heterocycles. The number of hydrogen-bond donors (Lipinski definition) is 2. The second-order valence-corrected chi connectivity index (χ2v) is 7.44. The predicted molar refractivity (Wildman–Crippen MR) is 116 cm³/mol. The van der Waals surface area contributed by atoms with Gasteiger partial charge in [0.1, 0.15) is 11.5 Å². The second kappa shape index (κ2) is 8.18. The molecule has 0 spiro atoms. The van der Waals surface area contributed by atoms with Crippen molar-refractivity contribution in [1.29, 1.82) is 0 Å². The number of ether oxygens (including phenoxy) is 2. The third-order valence-corrected chi connectivity index (χ3v) is 5.71. The molecule has 7 heteroatoms. The average molecular weight is 420 g/mol. The number of hydrogen-bond acceptors (Lipinski definition) is 5. The van der Waals surface area contributed by atoms with Crippen LogP contribution < -0.4 is 9.47 Å². The number of fused-ring (bicyclic) bond motifs is 1. The predicted octanol–water partition coefficient (Wildman–Crippen LogP) is 3.71. The van der Waals surface area contributed by atoms with Gasteiger partial charge < -0.3 is 24.5 Å². The largest absolute Gasteiger partial charge is 0.503 e. The van der Waals surface area contributed by atoms with E-state index >= 15 is 0 Å². The molecule has 0 bridgehead atoms. The minimum absolute atomic E-state index is 0.0927. The summed E-state index contributed by atoms with van der Waals surface area (Å²) in [6, 6.07) is 12.3. The van der Waals surface area contributed by atoms with Gasteiger partial charge in [-0.15, -0.1) is 0 Å². The molecule has 3 aromatic rings. The van der Waals surface area contributed by atoms with Gasteiger partial charge in [-0.05, 0) is 43.2 Å². The highest BCUT2D eigenvalue weighted by molar-refractivity contribution is 6.08. The first-order valence-corrected chi connectivity index (χ1v) is 9.98. The van der Waals surface area contributed by atoms with E-state index in [2.05, 4.69) is 4.98 Å². The molecule has 160 valence electrons. The summed E-state index contributed by atoms with van der Waals surface area (Å²) < 4.78 is 10.8. The van der Waals surface area contributed by atoms with Crippen molar-refractivity contribution < 1.29 is 24.2 Å². The third kappa shape index (κ3) is 3.52. The van der Waals surface area contributed by atoms with E-state index in [0.29, 0.717) is 24.3 Å². The van der Waals surface area contributed by atoms with Crippen LogP contribution in [0.15, 0.2) is 60.0 Å². The third-order valence-electron chi connectivity index (χ3n) is 5.71. The molecule has 7 nitrogen and oxygen atoms in total. The molecule has 2 aromatic carbocycles. The number of rotatable bonds is 7. The van der Waals surface area contributed by atoms with E-state index < -0.39 is 17.7 Å². The van der Waals surface area contributed by atoms with Crippen molar-refractivity contribution in [3.05, 3.63) is 71.1 Å². The van der Waals surface area contributed by atoms with Gasteiger partial charge in [0.05, 0.1) is 25.8 Å². The van der Waals surface area contributed by atoms with Crippen LogP contribution in [-0.4, -0.2) is 47.4 Å². The number of Topliss-reactive ketones (excluding diaryl/α,β-unsaturated/α-hetero) is 1. The molecule has 0 saturated carbocycles. The van der Waals surface area contributed by atoms with E-state index in [-0.39, 0.29) is 11.4 Å². The fourth-order valence-corrected chi connectivity index (χ4v) is 4.19. The number of carbonyl (C=O) groups excluding carboxylic acids is 2. The maximum Gasteiger partial charge on any atom is 0.290 e. The van der Waals surface area contributed by atoms with Crippen LogP contribution in [0.2, 0.25) is 0 Å². The van der Waals surface area contributed by atoms with E-state index in [9.17, 15) is 14.7 Å². The molecule has 31 heavy (non-hydrogen) atoms. The number of ketones is 1. The van der Waals surface area contributed by atoms with E-state index in [1.54, 1.807) is 13.2 Å². The lowest BCUT2D eigenvalue weighted by Crippen LogP contribution is -2.33. The molecule has 1 aliphatic heterocycles. The van der Waals surface area contributed by atoms with Gasteiger partial charge in [0.25, 0.3) is 5.91 Å². The van der Waals surface area contributed by atoms with Crippen LogP contribution in [0.1, 0.15) is 24.1 Å². The molecule has 0 unspecified atom stereocenters. The van der Waals surface area contributed by atoms with E-state index in [0.717, 1.165) is 22.2 Å². The summed E-state index contributed by atoms with van der Waals surface area (Å²) in [6.07, 6.45) is 2.44. The quantitative estimate of drug-likeness (QED) is 0.608. The van der Waals surface area contributed by atoms with Crippen molar-refractivity contribution in [2.75, 3.05) is 20.8 Å². The normalized spacial score (nSPS) is 16.3. The molecule has 1 aliphatic rings. The van der Waals surface area contributed by atoms with Crippen LogP contribution in [0, 0.1) is 0 Å². The molecular weight excluding hydrogens is 396 g/mol. The van der Waals surface area contributed by atoms with Gasteiger partial charge in [-0.25, -0.2) is 0 Å². The number of nitrogens with zero attached hydrogens (tertiary/aromatic N) is 1. The van der Waals surface area contributed by atoms with Gasteiger partial charge >= 0.3 is 0 Å². The summed E-state index contributed by atoms with van der Waals surface area (Å²) in [7, 11) is 3.16. The van der Waals surface area contributed by atoms with Crippen molar-refractivity contribution in [2.45, 2.75) is 19.4 Å². The molecule has 2 N–H and O–H groups in total. The number of para-hydroxylation sites is 1. The van der Waals surface area contributed by atoms with Gasteiger partial charge in [0.2, 0.25) is 0 Å². The highest BCUT2D eigenvalue weighted by atomic mass is 16.5. The van der Waals surface area contributed by atoms with E-state index in [1.807, 2.05) is 42.6 Å². The minimum Gasteiger partial charge on any atom is -0.503 e. The van der Waals surface area contributed by atoms with Crippen LogP contribution in [-0.2, 0) is 16.0 Å². The first-order chi connectivity index (χ1) is 15.0. The van der Waals surface area contributed by atoms with Gasteiger partial charge in [0.15, 0.2) is 11.5 Å². The lowest BCUT2D eigenvalue weighted by atomic mass is 9.95. The smallest absolute Gasteiger partial charge is 0.290 e. The molecule has 0 radical (unpaired) electrons. The van der Waals surface area contributed by atoms with Crippen LogP contribution in [0.3, 0.4) is 0 Å². The number of benzene rings is 2. The first kappa shape index (κ1) is 20.5. The van der Waals surface area contributed by atoms with Crippen LogP contribution in [0.5, 0.6) is 11.5 Å². The molecule has 4 rings (SSSR count). The van der Waals surface area contributed by atoms with Gasteiger partial charge in [0, 0.05) is 29.2 Å². The van der Waals surface area contributed by atoms with Gasteiger partial charge in [-0.1, -0.05) is 18.2 Å². The second-order valence-electron chi connectivity index (χ2n) is 7.44. The van der Waals surface area contributed by atoms with E-state index in [4.69, 9.17) is 9.47 Å². The lowest BCUT2D eigenvalue weighted by Gasteiger charge is -2.27. The number of aromatic amines is 1. The van der Waals surface area contributed by atoms with Crippen LogP contribution in [0.25, 0.3) is 10.9 Å². The number of methoxy groups -OCH3 is 2. The molecule has 0 saturated heterocycles.